The number of aliphatic hydroxyl groups is 2. The lowest BCUT2D eigenvalue weighted by molar-refractivity contribution is -0.247. The van der Waals surface area contributed by atoms with Crippen molar-refractivity contribution >= 4 is 42.2 Å². The summed E-state index contributed by atoms with van der Waals surface area (Å²) in [6.07, 6.45) is -4.53. The molecule has 11 nitrogen and oxygen atoms in total. The van der Waals surface area contributed by atoms with E-state index in [1.165, 1.54) is 32.2 Å². The van der Waals surface area contributed by atoms with Gasteiger partial charge in [0.15, 0.2) is 17.9 Å². The first-order valence-electron chi connectivity index (χ1n) is 12.2. The smallest absolute Gasteiger partial charge is 0.202 e. The van der Waals surface area contributed by atoms with Gasteiger partial charge in [0.1, 0.15) is 22.8 Å². The summed E-state index contributed by atoms with van der Waals surface area (Å²) in [4.78, 5) is 39.6. The molecule has 13 heteroatoms. The van der Waals surface area contributed by atoms with Crippen LogP contribution >= 0.6 is 24.8 Å². The molecule has 2 aromatic carbocycles. The number of hydrogen-bond donors (Lipinski definition) is 5. The zero-order valence-corrected chi connectivity index (χ0v) is 23.5. The summed E-state index contributed by atoms with van der Waals surface area (Å²) in [5.74, 6) is -3.18. The third-order valence-corrected chi connectivity index (χ3v) is 7.80. The summed E-state index contributed by atoms with van der Waals surface area (Å²) in [5, 5.41) is 44.1. The molecule has 1 fully saturated rings. The Kier molecular flexibility index (Phi) is 8.93. The molecule has 5 rings (SSSR count). The van der Waals surface area contributed by atoms with Crippen molar-refractivity contribution in [2.45, 2.75) is 69.4 Å². The summed E-state index contributed by atoms with van der Waals surface area (Å²) >= 11 is 0. The molecular weight excluding hydrogens is 569 g/mol. The van der Waals surface area contributed by atoms with Gasteiger partial charge in [0, 0.05) is 42.0 Å². The highest BCUT2D eigenvalue weighted by Crippen LogP contribution is 2.52. The minimum Gasteiger partial charge on any atom is -0.507 e. The number of fused-ring (bicyclic) bond motifs is 3. The molecule has 0 spiro atoms. The summed E-state index contributed by atoms with van der Waals surface area (Å²) in [5.41, 5.74) is 2.97. The fourth-order valence-corrected chi connectivity index (χ4v) is 5.66. The third kappa shape index (κ3) is 4.75. The fourth-order valence-electron chi connectivity index (χ4n) is 5.66. The highest BCUT2D eigenvalue weighted by Gasteiger charge is 2.49. The zero-order chi connectivity index (χ0) is 27.7. The summed E-state index contributed by atoms with van der Waals surface area (Å²) in [7, 11) is 1.34. The van der Waals surface area contributed by atoms with Gasteiger partial charge in [0.05, 0.1) is 42.1 Å². The van der Waals surface area contributed by atoms with Crippen LogP contribution in [0.2, 0.25) is 0 Å². The van der Waals surface area contributed by atoms with Gasteiger partial charge in [-0.25, -0.2) is 0 Å². The number of aliphatic hydroxyl groups excluding tert-OH is 1. The van der Waals surface area contributed by atoms with Gasteiger partial charge in [-0.15, -0.1) is 24.8 Å². The van der Waals surface area contributed by atoms with Crippen LogP contribution in [0.3, 0.4) is 0 Å². The predicted octanol–water partition coefficient (Wildman–Crippen LogP) is 1.87. The number of ether oxygens (including phenoxy) is 3. The number of benzene rings is 2. The van der Waals surface area contributed by atoms with Crippen LogP contribution in [-0.4, -0.2) is 75.0 Å². The number of hydrogen-bond acceptors (Lipinski definition) is 11. The second-order valence-electron chi connectivity index (χ2n) is 10.1. The number of ketones is 3. The van der Waals surface area contributed by atoms with Crippen molar-refractivity contribution in [3.8, 4) is 17.2 Å². The third-order valence-electron chi connectivity index (χ3n) is 7.80. The van der Waals surface area contributed by atoms with Gasteiger partial charge < -0.3 is 40.4 Å². The number of phenolic OH excluding ortho intramolecular Hbond substituents is 2. The minimum absolute atomic E-state index is 0. The van der Waals surface area contributed by atoms with E-state index in [-0.39, 0.29) is 65.7 Å². The number of carbonyl (C=O) groups is 3. The number of phenols is 2. The zero-order valence-electron chi connectivity index (χ0n) is 21.9. The van der Waals surface area contributed by atoms with Crippen molar-refractivity contribution in [2.24, 2.45) is 5.73 Å². The highest BCUT2D eigenvalue weighted by molar-refractivity contribution is 6.31. The first-order valence-corrected chi connectivity index (χ1v) is 12.2. The fraction of sp³-hybridized carbons (Fsp3) is 0.444. The van der Waals surface area contributed by atoms with E-state index in [9.17, 15) is 34.8 Å². The van der Waals surface area contributed by atoms with Crippen molar-refractivity contribution in [2.75, 3.05) is 7.11 Å². The normalized spacial score (nSPS) is 28.8. The molecule has 0 unspecified atom stereocenters. The Labute approximate surface area is 242 Å². The maximum Gasteiger partial charge on any atom is 0.202 e. The van der Waals surface area contributed by atoms with Crippen molar-refractivity contribution in [1.29, 1.82) is 0 Å². The molecule has 3 aliphatic rings. The maximum atomic E-state index is 13.6. The SMILES string of the molecule is COc1cccc2c1C(=O)c1c(O)c3c(c(O)c1C2=O)C[C@@](O)(C(C)=O)C[C@@H]3O[C@H]1C[C@H](N)[C@H](O)[C@H](C)O1.Cl.Cl. The van der Waals surface area contributed by atoms with Gasteiger partial charge >= 0.3 is 0 Å². The molecule has 0 radical (unpaired) electrons. The van der Waals surface area contributed by atoms with Crippen LogP contribution in [0.1, 0.15) is 75.8 Å². The Morgan fingerprint density at radius 2 is 1.75 bits per heavy atom. The molecule has 1 heterocycles. The molecule has 1 saturated heterocycles. The quantitative estimate of drug-likeness (QED) is 0.275. The lowest BCUT2D eigenvalue weighted by Crippen LogP contribution is -2.52. The number of rotatable bonds is 4. The van der Waals surface area contributed by atoms with Crippen LogP contribution in [0.4, 0.5) is 0 Å². The van der Waals surface area contributed by atoms with E-state index in [4.69, 9.17) is 19.9 Å². The van der Waals surface area contributed by atoms with Gasteiger partial charge in [-0.05, 0) is 19.9 Å². The number of aromatic hydroxyl groups is 2. The van der Waals surface area contributed by atoms with E-state index in [1.807, 2.05) is 0 Å². The number of carbonyl (C=O) groups excluding carboxylic acids is 3. The van der Waals surface area contributed by atoms with E-state index in [1.54, 1.807) is 6.92 Å². The number of nitrogens with two attached hydrogens (primary N) is 1. The van der Waals surface area contributed by atoms with Gasteiger partial charge in [0.25, 0.3) is 0 Å². The first kappa shape index (κ1) is 31.8. The van der Waals surface area contributed by atoms with Gasteiger partial charge in [-0.2, -0.15) is 0 Å². The maximum absolute atomic E-state index is 13.6. The standard InChI is InChI=1S/C27H29NO10.2ClH/c1-10-22(30)14(28)7-17(37-10)38-16-9-27(35,11(2)29)8-13-19(16)26(34)21-20(24(13)32)23(31)12-5-4-6-15(36-3)18(12)25(21)33;;/h4-6,10,14,16-17,22,30,32,34-35H,7-9,28H2,1-3H3;2*1H/t10-,14-,16-,17-,22+,27-;;/m0../s1. The number of halogens is 2. The second-order valence-corrected chi connectivity index (χ2v) is 10.1. The largest absolute Gasteiger partial charge is 0.507 e. The van der Waals surface area contributed by atoms with E-state index in [2.05, 4.69) is 0 Å². The molecule has 218 valence electrons. The molecule has 0 bridgehead atoms. The molecule has 2 aromatic rings. The first-order chi connectivity index (χ1) is 17.9. The van der Waals surface area contributed by atoms with Crippen LogP contribution in [0.25, 0.3) is 0 Å². The topological polar surface area (TPSA) is 186 Å². The number of methoxy groups -OCH3 is 1. The van der Waals surface area contributed by atoms with Crippen LogP contribution in [0.15, 0.2) is 18.2 Å². The van der Waals surface area contributed by atoms with Gasteiger partial charge in [0.2, 0.25) is 5.78 Å². The van der Waals surface area contributed by atoms with E-state index in [0.717, 1.165) is 0 Å². The molecule has 0 amide bonds. The van der Waals surface area contributed by atoms with E-state index in [0.29, 0.717) is 0 Å². The predicted molar refractivity (Wildman–Crippen MR) is 145 cm³/mol. The highest BCUT2D eigenvalue weighted by atomic mass is 35.5. The van der Waals surface area contributed by atoms with Gasteiger partial charge in [-0.1, -0.05) is 12.1 Å². The van der Waals surface area contributed by atoms with Gasteiger partial charge in [-0.3, -0.25) is 14.4 Å². The molecule has 0 saturated carbocycles. The van der Waals surface area contributed by atoms with Crippen LogP contribution in [-0.2, 0) is 20.7 Å². The Morgan fingerprint density at radius 3 is 2.35 bits per heavy atom. The summed E-state index contributed by atoms with van der Waals surface area (Å²) in [6, 6.07) is 3.75. The molecule has 0 aromatic heterocycles. The van der Waals surface area contributed by atoms with Crippen molar-refractivity contribution in [3.63, 3.8) is 0 Å². The molecule has 1 aliphatic heterocycles. The van der Waals surface area contributed by atoms with Crippen LogP contribution < -0.4 is 10.5 Å². The molecule has 40 heavy (non-hydrogen) atoms. The lowest BCUT2D eigenvalue weighted by Gasteiger charge is -2.42. The van der Waals surface area contributed by atoms with Crippen LogP contribution in [0, 0.1) is 0 Å². The van der Waals surface area contributed by atoms with E-state index < -0.39 is 82.6 Å². The Hall–Kier alpha value is -2.77. The molecular formula is C27H31Cl2NO10. The lowest BCUT2D eigenvalue weighted by atomic mass is 9.72. The van der Waals surface area contributed by atoms with Crippen LogP contribution in [0.5, 0.6) is 17.2 Å². The van der Waals surface area contributed by atoms with Crippen molar-refractivity contribution < 1.29 is 49.0 Å². The average molecular weight is 600 g/mol. The van der Waals surface area contributed by atoms with Crippen molar-refractivity contribution in [1.82, 2.24) is 0 Å². The Bertz CT molecular complexity index is 1370. The second kappa shape index (κ2) is 11.2. The van der Waals surface area contributed by atoms with Crippen molar-refractivity contribution in [3.05, 3.63) is 51.6 Å². The molecule has 2 aliphatic carbocycles. The molecule has 6 N–H and O–H groups in total. The Morgan fingerprint density at radius 1 is 1.10 bits per heavy atom. The average Bonchev–Trinajstić information content (AvgIpc) is 2.87. The Balaban J connectivity index is 0.00000220. The monoisotopic (exact) mass is 599 g/mol. The minimum atomic E-state index is -2.00. The summed E-state index contributed by atoms with van der Waals surface area (Å²) in [6.45, 7) is 2.79. The number of Topliss-reactive ketones (excluding diaryl/α,β-unsaturated/α-hetero) is 1. The summed E-state index contributed by atoms with van der Waals surface area (Å²) < 4.78 is 17.1. The van der Waals surface area contributed by atoms with E-state index >= 15 is 0 Å². The molecule has 6 atom stereocenters.